The summed E-state index contributed by atoms with van der Waals surface area (Å²) in [6.07, 6.45) is 2.27. The largest absolute Gasteiger partial charge is 0.457 e. The summed E-state index contributed by atoms with van der Waals surface area (Å²) in [7, 11) is 0. The second-order valence-electron chi connectivity index (χ2n) is 3.38. The average Bonchev–Trinajstić information content (AvgIpc) is 2.30. The molecule has 2 nitrogen and oxygen atoms in total. The Morgan fingerprint density at radius 1 is 1.25 bits per heavy atom. The van der Waals surface area contributed by atoms with Crippen LogP contribution in [0.4, 0.5) is 4.39 Å². The number of ether oxygens (including phenoxy) is 1. The highest BCUT2D eigenvalue weighted by atomic mass is 19.1. The molecular weight excluding hydrogens is 205 g/mol. The molecule has 0 unspecified atom stereocenters. The molecule has 0 amide bonds. The number of nitrogens with zero attached hydrogens (tertiary/aromatic N) is 1. The Hall–Kier alpha value is -1.90. The van der Waals surface area contributed by atoms with Crippen LogP contribution in [-0.4, -0.2) is 4.98 Å². The van der Waals surface area contributed by atoms with Gasteiger partial charge in [0.05, 0.1) is 0 Å². The Morgan fingerprint density at radius 2 is 2.06 bits per heavy atom. The van der Waals surface area contributed by atoms with Crippen molar-refractivity contribution in [2.75, 3.05) is 0 Å². The molecular formula is C13H12FNO. The van der Waals surface area contributed by atoms with Gasteiger partial charge in [-0.05, 0) is 24.1 Å². The smallest absolute Gasteiger partial charge is 0.216 e. The molecule has 0 bridgehead atoms. The predicted molar refractivity (Wildman–Crippen MR) is 60.1 cm³/mol. The quantitative estimate of drug-likeness (QED) is 0.733. The number of aromatic nitrogens is 1. The van der Waals surface area contributed by atoms with E-state index in [1.54, 1.807) is 6.07 Å². The third-order valence-electron chi connectivity index (χ3n) is 2.28. The van der Waals surface area contributed by atoms with Gasteiger partial charge in [-0.2, -0.15) is 4.39 Å². The molecule has 16 heavy (non-hydrogen) atoms. The summed E-state index contributed by atoms with van der Waals surface area (Å²) >= 11 is 0. The maximum absolute atomic E-state index is 12.9. The third kappa shape index (κ3) is 2.37. The summed E-state index contributed by atoms with van der Waals surface area (Å²) in [6.45, 7) is 2.05. The van der Waals surface area contributed by atoms with Gasteiger partial charge in [-0.3, -0.25) is 0 Å². The summed E-state index contributed by atoms with van der Waals surface area (Å²) in [5, 5.41) is 0. The Kier molecular flexibility index (Phi) is 3.15. The molecule has 0 spiro atoms. The van der Waals surface area contributed by atoms with Gasteiger partial charge in [0.25, 0.3) is 0 Å². The van der Waals surface area contributed by atoms with Crippen molar-refractivity contribution < 1.29 is 9.13 Å². The Labute approximate surface area is 93.7 Å². The lowest BCUT2D eigenvalue weighted by molar-refractivity contribution is 0.467. The minimum Gasteiger partial charge on any atom is -0.457 e. The van der Waals surface area contributed by atoms with E-state index in [2.05, 4.69) is 11.9 Å². The molecule has 0 N–H and O–H groups in total. The van der Waals surface area contributed by atoms with Crippen molar-refractivity contribution in [2.24, 2.45) is 0 Å². The van der Waals surface area contributed by atoms with Gasteiger partial charge in [-0.25, -0.2) is 4.98 Å². The lowest BCUT2D eigenvalue weighted by Gasteiger charge is -2.09. The zero-order valence-corrected chi connectivity index (χ0v) is 8.98. The molecule has 0 radical (unpaired) electrons. The van der Waals surface area contributed by atoms with E-state index in [0.717, 1.165) is 17.7 Å². The first-order valence-corrected chi connectivity index (χ1v) is 5.17. The maximum Gasteiger partial charge on any atom is 0.216 e. The number of halogens is 1. The van der Waals surface area contributed by atoms with Crippen molar-refractivity contribution >= 4 is 0 Å². The molecule has 3 heteroatoms. The molecule has 82 valence electrons. The maximum atomic E-state index is 12.9. The van der Waals surface area contributed by atoms with E-state index in [1.165, 1.54) is 12.3 Å². The van der Waals surface area contributed by atoms with E-state index in [-0.39, 0.29) is 0 Å². The van der Waals surface area contributed by atoms with Gasteiger partial charge in [0, 0.05) is 12.3 Å². The van der Waals surface area contributed by atoms with Crippen LogP contribution in [0.2, 0.25) is 0 Å². The monoisotopic (exact) mass is 217 g/mol. The first-order chi connectivity index (χ1) is 7.79. The fourth-order valence-electron chi connectivity index (χ4n) is 1.47. The number of rotatable bonds is 3. The molecule has 0 aliphatic carbocycles. The van der Waals surface area contributed by atoms with Crippen LogP contribution >= 0.6 is 0 Å². The van der Waals surface area contributed by atoms with Crippen LogP contribution in [-0.2, 0) is 6.42 Å². The number of hydrogen-bond acceptors (Lipinski definition) is 2. The molecule has 0 atom stereocenters. The number of para-hydroxylation sites is 1. The summed E-state index contributed by atoms with van der Waals surface area (Å²) in [6, 6.07) is 10.6. The molecule has 0 saturated heterocycles. The lowest BCUT2D eigenvalue weighted by atomic mass is 10.1. The van der Waals surface area contributed by atoms with Crippen LogP contribution in [0.1, 0.15) is 12.5 Å². The standard InChI is InChI=1S/C13H12FNO/c1-2-10-5-3-4-6-12(10)16-11-7-8-15-13(14)9-11/h3-9H,2H2,1H3. The number of aryl methyl sites for hydroxylation is 1. The topological polar surface area (TPSA) is 22.1 Å². The van der Waals surface area contributed by atoms with E-state index in [0.29, 0.717) is 5.75 Å². The zero-order valence-electron chi connectivity index (χ0n) is 8.98. The average molecular weight is 217 g/mol. The van der Waals surface area contributed by atoms with Crippen molar-refractivity contribution in [3.63, 3.8) is 0 Å². The second kappa shape index (κ2) is 4.75. The first kappa shape index (κ1) is 10.6. The van der Waals surface area contributed by atoms with E-state index in [4.69, 9.17) is 4.74 Å². The van der Waals surface area contributed by atoms with Crippen LogP contribution in [0.3, 0.4) is 0 Å². The van der Waals surface area contributed by atoms with Crippen LogP contribution < -0.4 is 4.74 Å². The van der Waals surface area contributed by atoms with E-state index < -0.39 is 5.95 Å². The normalized spacial score (nSPS) is 10.1. The Balaban J connectivity index is 2.26. The van der Waals surface area contributed by atoms with Gasteiger partial charge in [0.2, 0.25) is 5.95 Å². The second-order valence-corrected chi connectivity index (χ2v) is 3.38. The SMILES string of the molecule is CCc1ccccc1Oc1ccnc(F)c1. The molecule has 1 aromatic carbocycles. The van der Waals surface area contributed by atoms with Crippen LogP contribution in [0.5, 0.6) is 11.5 Å². The van der Waals surface area contributed by atoms with Crippen molar-refractivity contribution in [3.8, 4) is 11.5 Å². The van der Waals surface area contributed by atoms with Crippen LogP contribution in [0, 0.1) is 5.95 Å². The first-order valence-electron chi connectivity index (χ1n) is 5.17. The van der Waals surface area contributed by atoms with Crippen molar-refractivity contribution in [1.29, 1.82) is 0 Å². The Morgan fingerprint density at radius 3 is 2.81 bits per heavy atom. The van der Waals surface area contributed by atoms with Gasteiger partial charge < -0.3 is 4.74 Å². The minimum atomic E-state index is -0.536. The number of hydrogen-bond donors (Lipinski definition) is 0. The zero-order chi connectivity index (χ0) is 11.4. The van der Waals surface area contributed by atoms with Crippen LogP contribution in [0.25, 0.3) is 0 Å². The van der Waals surface area contributed by atoms with E-state index >= 15 is 0 Å². The summed E-state index contributed by atoms with van der Waals surface area (Å²) < 4.78 is 18.5. The van der Waals surface area contributed by atoms with E-state index in [1.807, 2.05) is 24.3 Å². The fraction of sp³-hybridized carbons (Fsp3) is 0.154. The van der Waals surface area contributed by atoms with Gasteiger partial charge in [0.15, 0.2) is 0 Å². The lowest BCUT2D eigenvalue weighted by Crippen LogP contribution is -1.91. The molecule has 2 aromatic rings. The molecule has 0 fully saturated rings. The van der Waals surface area contributed by atoms with Crippen LogP contribution in [0.15, 0.2) is 42.6 Å². The fourth-order valence-corrected chi connectivity index (χ4v) is 1.47. The van der Waals surface area contributed by atoms with Gasteiger partial charge in [0.1, 0.15) is 11.5 Å². The molecule has 0 aliphatic rings. The molecule has 0 saturated carbocycles. The molecule has 0 aliphatic heterocycles. The third-order valence-corrected chi connectivity index (χ3v) is 2.28. The minimum absolute atomic E-state index is 0.466. The molecule has 1 heterocycles. The predicted octanol–water partition coefficient (Wildman–Crippen LogP) is 3.58. The summed E-state index contributed by atoms with van der Waals surface area (Å²) in [4.78, 5) is 3.48. The summed E-state index contributed by atoms with van der Waals surface area (Å²) in [5.74, 6) is 0.690. The van der Waals surface area contributed by atoms with Gasteiger partial charge >= 0.3 is 0 Å². The summed E-state index contributed by atoms with van der Waals surface area (Å²) in [5.41, 5.74) is 1.10. The highest BCUT2D eigenvalue weighted by molar-refractivity contribution is 5.37. The van der Waals surface area contributed by atoms with Crippen molar-refractivity contribution in [2.45, 2.75) is 13.3 Å². The number of benzene rings is 1. The van der Waals surface area contributed by atoms with E-state index in [9.17, 15) is 4.39 Å². The Bertz CT molecular complexity index is 485. The van der Waals surface area contributed by atoms with Gasteiger partial charge in [-0.1, -0.05) is 25.1 Å². The highest BCUT2D eigenvalue weighted by Crippen LogP contribution is 2.25. The van der Waals surface area contributed by atoms with Gasteiger partial charge in [-0.15, -0.1) is 0 Å². The molecule has 2 rings (SSSR count). The van der Waals surface area contributed by atoms with Crippen molar-refractivity contribution in [3.05, 3.63) is 54.1 Å². The number of pyridine rings is 1. The molecule has 1 aromatic heterocycles. The highest BCUT2D eigenvalue weighted by Gasteiger charge is 2.03. The van der Waals surface area contributed by atoms with Crippen molar-refractivity contribution in [1.82, 2.24) is 4.98 Å².